The van der Waals surface area contributed by atoms with E-state index in [0.717, 1.165) is 17.3 Å². The summed E-state index contributed by atoms with van der Waals surface area (Å²) in [6, 6.07) is 0. The van der Waals surface area contributed by atoms with Gasteiger partial charge in [-0.3, -0.25) is 0 Å². The zero-order valence-electron chi connectivity index (χ0n) is 9.77. The van der Waals surface area contributed by atoms with Gasteiger partial charge in [0, 0.05) is 0 Å². The molecule has 0 aromatic heterocycles. The third-order valence-corrected chi connectivity index (χ3v) is 6.03. The molecule has 0 aromatic rings. The van der Waals surface area contributed by atoms with Crippen LogP contribution in [0.25, 0.3) is 0 Å². The second-order valence-corrected chi connectivity index (χ2v) is 5.55. The van der Waals surface area contributed by atoms with Crippen LogP contribution in [0.3, 0.4) is 0 Å². The summed E-state index contributed by atoms with van der Waals surface area (Å²) in [4.78, 5) is 0. The quantitative estimate of drug-likeness (QED) is 0.430. The molecule has 4 atom stereocenters. The third kappa shape index (κ3) is 0.596. The first-order valence-electron chi connectivity index (χ1n) is 6.48. The molecule has 0 heterocycles. The van der Waals surface area contributed by atoms with Gasteiger partial charge in [-0.15, -0.1) is 0 Å². The molecular formula is C11H19B3. The summed E-state index contributed by atoms with van der Waals surface area (Å²) in [5, 5.41) is 0. The standard InChI is InChI=1S/C11H19B3/c12-4-7-3-9-8-1-2-10(8,5-13)11(7,9)6-14/h3,8-9H,1-2,4-6,12-14H2. The molecule has 0 aromatic carbocycles. The van der Waals surface area contributed by atoms with Crippen molar-refractivity contribution < 1.29 is 0 Å². The Kier molecular flexibility index (Phi) is 1.67. The Balaban J connectivity index is 2.00. The van der Waals surface area contributed by atoms with Crippen LogP contribution >= 0.6 is 0 Å². The lowest BCUT2D eigenvalue weighted by Crippen LogP contribution is -2.74. The first-order valence-corrected chi connectivity index (χ1v) is 6.48. The highest BCUT2D eigenvalue weighted by Gasteiger charge is 2.76. The molecule has 3 aliphatic carbocycles. The summed E-state index contributed by atoms with van der Waals surface area (Å²) in [6.07, 6.45) is 9.80. The molecule has 0 N–H and O–H groups in total. The van der Waals surface area contributed by atoms with Crippen molar-refractivity contribution in [3.63, 3.8) is 0 Å². The lowest BCUT2D eigenvalue weighted by molar-refractivity contribution is -0.232. The van der Waals surface area contributed by atoms with E-state index in [9.17, 15) is 0 Å². The lowest BCUT2D eigenvalue weighted by atomic mass is 9.21. The van der Waals surface area contributed by atoms with E-state index >= 15 is 0 Å². The fourth-order valence-corrected chi connectivity index (χ4v) is 5.38. The normalized spacial score (nSPS) is 53.0. The van der Waals surface area contributed by atoms with Crippen molar-refractivity contribution in [3.8, 4) is 0 Å². The molecule has 0 aliphatic heterocycles. The van der Waals surface area contributed by atoms with Gasteiger partial charge in [0.25, 0.3) is 0 Å². The Labute approximate surface area is 90.1 Å². The number of hydrogen-bond acceptors (Lipinski definition) is 0. The molecule has 3 heteroatoms. The molecule has 3 rings (SSSR count). The Morgan fingerprint density at radius 2 is 2.07 bits per heavy atom. The van der Waals surface area contributed by atoms with Crippen molar-refractivity contribution in [2.24, 2.45) is 22.7 Å². The van der Waals surface area contributed by atoms with Gasteiger partial charge in [-0.05, 0) is 35.5 Å². The molecule has 2 saturated carbocycles. The molecule has 72 valence electrons. The van der Waals surface area contributed by atoms with Gasteiger partial charge in [0.2, 0.25) is 0 Å². The average Bonchev–Trinajstić information content (AvgIpc) is 2.17. The maximum atomic E-state index is 2.61. The van der Waals surface area contributed by atoms with Crippen molar-refractivity contribution in [2.45, 2.75) is 31.8 Å². The lowest BCUT2D eigenvalue weighted by Gasteiger charge is -2.81. The van der Waals surface area contributed by atoms with Gasteiger partial charge < -0.3 is 0 Å². The monoisotopic (exact) mass is 184 g/mol. The van der Waals surface area contributed by atoms with E-state index in [1.807, 2.05) is 5.57 Å². The minimum atomic E-state index is 0.694. The highest BCUT2D eigenvalue weighted by molar-refractivity contribution is 6.13. The summed E-state index contributed by atoms with van der Waals surface area (Å²) in [6.45, 7) is 0. The molecule has 0 spiro atoms. The SMILES string of the molecule is BCC1=CC2C3CCC3(CB)C12CB. The highest BCUT2D eigenvalue weighted by atomic mass is 14.8. The Morgan fingerprint density at radius 1 is 1.29 bits per heavy atom. The minimum Gasteiger partial charge on any atom is -0.0812 e. The topological polar surface area (TPSA) is 0 Å². The fraction of sp³-hybridized carbons (Fsp3) is 0.818. The molecule has 3 aliphatic rings. The van der Waals surface area contributed by atoms with Crippen molar-refractivity contribution in [2.75, 3.05) is 0 Å². The first kappa shape index (κ1) is 9.18. The minimum absolute atomic E-state index is 0.694. The number of fused-ring (bicyclic) bond motifs is 4. The van der Waals surface area contributed by atoms with E-state index in [0.29, 0.717) is 5.41 Å². The van der Waals surface area contributed by atoms with Crippen molar-refractivity contribution >= 4 is 23.5 Å². The van der Waals surface area contributed by atoms with Gasteiger partial charge in [-0.2, -0.15) is 0 Å². The predicted octanol–water partition coefficient (Wildman–Crippen LogP) is 0.0932. The Hall–Kier alpha value is -0.0652. The summed E-state index contributed by atoms with van der Waals surface area (Å²) < 4.78 is 0. The maximum absolute atomic E-state index is 2.61. The van der Waals surface area contributed by atoms with Gasteiger partial charge in [0.15, 0.2) is 0 Å². The van der Waals surface area contributed by atoms with E-state index in [2.05, 4.69) is 29.6 Å². The highest BCUT2D eigenvalue weighted by Crippen LogP contribution is 2.83. The van der Waals surface area contributed by atoms with E-state index in [4.69, 9.17) is 0 Å². The maximum Gasteiger partial charge on any atom is 0.106 e. The average molecular weight is 184 g/mol. The molecule has 0 nitrogen and oxygen atoms in total. The zero-order chi connectivity index (χ0) is 9.97. The van der Waals surface area contributed by atoms with Crippen LogP contribution in [0.15, 0.2) is 11.6 Å². The second kappa shape index (κ2) is 2.54. The van der Waals surface area contributed by atoms with Crippen LogP contribution in [0.2, 0.25) is 19.0 Å². The van der Waals surface area contributed by atoms with Crippen LogP contribution in [-0.4, -0.2) is 23.5 Å². The fourth-order valence-electron chi connectivity index (χ4n) is 5.38. The van der Waals surface area contributed by atoms with E-state index < -0.39 is 0 Å². The molecule has 14 heavy (non-hydrogen) atoms. The summed E-state index contributed by atoms with van der Waals surface area (Å²) >= 11 is 0. The Morgan fingerprint density at radius 3 is 2.50 bits per heavy atom. The van der Waals surface area contributed by atoms with Gasteiger partial charge in [0.1, 0.15) is 23.5 Å². The van der Waals surface area contributed by atoms with Crippen molar-refractivity contribution in [3.05, 3.63) is 11.6 Å². The van der Waals surface area contributed by atoms with Gasteiger partial charge in [0.05, 0.1) is 0 Å². The zero-order valence-corrected chi connectivity index (χ0v) is 9.77. The van der Waals surface area contributed by atoms with Gasteiger partial charge in [-0.1, -0.05) is 30.6 Å². The second-order valence-electron chi connectivity index (χ2n) is 5.55. The van der Waals surface area contributed by atoms with Gasteiger partial charge >= 0.3 is 0 Å². The first-order chi connectivity index (χ1) is 6.76. The smallest absolute Gasteiger partial charge is 0.0812 e. The van der Waals surface area contributed by atoms with Crippen molar-refractivity contribution in [1.82, 2.24) is 0 Å². The van der Waals surface area contributed by atoms with E-state index in [1.54, 1.807) is 0 Å². The van der Waals surface area contributed by atoms with E-state index in [1.165, 1.54) is 31.8 Å². The van der Waals surface area contributed by atoms with E-state index in [-0.39, 0.29) is 0 Å². The van der Waals surface area contributed by atoms with Crippen LogP contribution in [0.4, 0.5) is 0 Å². The number of allylic oxidation sites excluding steroid dienone is 2. The van der Waals surface area contributed by atoms with Gasteiger partial charge in [-0.25, -0.2) is 0 Å². The summed E-state index contributed by atoms with van der Waals surface area (Å²) in [5.41, 5.74) is 3.27. The number of hydrogen-bond donors (Lipinski definition) is 0. The van der Waals surface area contributed by atoms with Crippen LogP contribution in [0, 0.1) is 22.7 Å². The number of rotatable bonds is 3. The molecule has 0 bridgehead atoms. The molecule has 0 saturated heterocycles. The van der Waals surface area contributed by atoms with Crippen LogP contribution in [0.5, 0.6) is 0 Å². The largest absolute Gasteiger partial charge is 0.106 e. The molecule has 2 fully saturated rings. The summed E-state index contributed by atoms with van der Waals surface area (Å²) in [7, 11) is 7.18. The molecule has 4 unspecified atom stereocenters. The Bertz CT molecular complexity index is 308. The predicted molar refractivity (Wildman–Crippen MR) is 69.2 cm³/mol. The molecule has 0 radical (unpaired) electrons. The third-order valence-electron chi connectivity index (χ3n) is 6.03. The summed E-state index contributed by atoms with van der Waals surface area (Å²) in [5.74, 6) is 2.08. The van der Waals surface area contributed by atoms with Crippen molar-refractivity contribution in [1.29, 1.82) is 0 Å². The molecule has 0 amide bonds. The van der Waals surface area contributed by atoms with Crippen LogP contribution in [-0.2, 0) is 0 Å². The molecular weight excluding hydrogens is 165 g/mol. The van der Waals surface area contributed by atoms with Crippen LogP contribution < -0.4 is 0 Å². The van der Waals surface area contributed by atoms with Crippen LogP contribution in [0.1, 0.15) is 12.8 Å².